The first-order valence-corrected chi connectivity index (χ1v) is 5.03. The summed E-state index contributed by atoms with van der Waals surface area (Å²) >= 11 is 6.15. The highest BCUT2D eigenvalue weighted by atomic mass is 35.5. The SMILES string of the molecule is Cc1cccc2nc(C(N)CO)c(Cl)n12. The van der Waals surface area contributed by atoms with Crippen molar-refractivity contribution in [3.63, 3.8) is 0 Å². The summed E-state index contributed by atoms with van der Waals surface area (Å²) in [6, 6.07) is 5.17. The van der Waals surface area contributed by atoms with Crippen LogP contribution in [0.4, 0.5) is 0 Å². The Labute approximate surface area is 92.3 Å². The number of nitrogens with zero attached hydrogens (tertiary/aromatic N) is 2. The van der Waals surface area contributed by atoms with Gasteiger partial charge in [-0.25, -0.2) is 4.98 Å². The molecule has 0 aliphatic rings. The van der Waals surface area contributed by atoms with Gasteiger partial charge in [0.2, 0.25) is 0 Å². The summed E-state index contributed by atoms with van der Waals surface area (Å²) in [5.41, 5.74) is 7.97. The first-order valence-electron chi connectivity index (χ1n) is 4.65. The lowest BCUT2D eigenvalue weighted by Crippen LogP contribution is -2.15. The van der Waals surface area contributed by atoms with E-state index in [1.807, 2.05) is 29.5 Å². The van der Waals surface area contributed by atoms with Crippen LogP contribution in [0.25, 0.3) is 5.65 Å². The molecule has 2 aromatic heterocycles. The van der Waals surface area contributed by atoms with Crippen molar-refractivity contribution >= 4 is 17.2 Å². The van der Waals surface area contributed by atoms with Crippen molar-refractivity contribution < 1.29 is 5.11 Å². The van der Waals surface area contributed by atoms with Gasteiger partial charge in [0, 0.05) is 5.69 Å². The minimum atomic E-state index is -0.531. The van der Waals surface area contributed by atoms with Crippen molar-refractivity contribution in [1.82, 2.24) is 9.38 Å². The Hall–Kier alpha value is -1.10. The molecular weight excluding hydrogens is 214 g/mol. The maximum Gasteiger partial charge on any atom is 0.138 e. The zero-order chi connectivity index (χ0) is 11.0. The molecule has 0 radical (unpaired) electrons. The van der Waals surface area contributed by atoms with Crippen LogP contribution in [0.2, 0.25) is 5.15 Å². The predicted octanol–water partition coefficient (Wildman–Crippen LogP) is 1.29. The van der Waals surface area contributed by atoms with Crippen LogP contribution in [0.15, 0.2) is 18.2 Å². The van der Waals surface area contributed by atoms with E-state index in [1.165, 1.54) is 0 Å². The second kappa shape index (κ2) is 3.81. The average Bonchev–Trinajstić information content (AvgIpc) is 2.56. The molecule has 15 heavy (non-hydrogen) atoms. The van der Waals surface area contributed by atoms with Crippen LogP contribution in [0.1, 0.15) is 17.4 Å². The topological polar surface area (TPSA) is 63.5 Å². The lowest BCUT2D eigenvalue weighted by molar-refractivity contribution is 0.266. The maximum absolute atomic E-state index is 8.97. The fourth-order valence-corrected chi connectivity index (χ4v) is 1.95. The molecule has 5 heteroatoms. The van der Waals surface area contributed by atoms with E-state index in [0.29, 0.717) is 10.8 Å². The number of aliphatic hydroxyl groups excluding tert-OH is 1. The average molecular weight is 226 g/mol. The molecule has 3 N–H and O–H groups in total. The number of hydrogen-bond acceptors (Lipinski definition) is 3. The van der Waals surface area contributed by atoms with E-state index in [0.717, 1.165) is 11.3 Å². The van der Waals surface area contributed by atoms with Crippen LogP contribution in [-0.4, -0.2) is 21.1 Å². The number of pyridine rings is 1. The molecule has 0 fully saturated rings. The molecule has 0 saturated heterocycles. The molecule has 0 saturated carbocycles. The molecule has 4 nitrogen and oxygen atoms in total. The highest BCUT2D eigenvalue weighted by Gasteiger charge is 2.16. The molecule has 2 rings (SSSR count). The Morgan fingerprint density at radius 1 is 1.60 bits per heavy atom. The normalized spacial score (nSPS) is 13.3. The molecule has 0 aliphatic heterocycles. The zero-order valence-corrected chi connectivity index (χ0v) is 9.07. The van der Waals surface area contributed by atoms with Gasteiger partial charge in [-0.05, 0) is 19.1 Å². The van der Waals surface area contributed by atoms with Crippen LogP contribution in [0, 0.1) is 6.92 Å². The molecular formula is C10H12ClN3O. The molecule has 2 aromatic rings. The van der Waals surface area contributed by atoms with Gasteiger partial charge in [-0.2, -0.15) is 0 Å². The van der Waals surface area contributed by atoms with Crippen LogP contribution in [0.3, 0.4) is 0 Å². The number of aromatic nitrogens is 2. The van der Waals surface area contributed by atoms with Gasteiger partial charge >= 0.3 is 0 Å². The Balaban J connectivity index is 2.70. The number of fused-ring (bicyclic) bond motifs is 1. The molecule has 0 aliphatic carbocycles. The monoisotopic (exact) mass is 225 g/mol. The fraction of sp³-hybridized carbons (Fsp3) is 0.300. The highest BCUT2D eigenvalue weighted by molar-refractivity contribution is 6.30. The summed E-state index contributed by atoms with van der Waals surface area (Å²) in [5.74, 6) is 0. The van der Waals surface area contributed by atoms with E-state index in [1.54, 1.807) is 0 Å². The molecule has 0 aromatic carbocycles. The lowest BCUT2D eigenvalue weighted by Gasteiger charge is -2.04. The Kier molecular flexibility index (Phi) is 2.65. The van der Waals surface area contributed by atoms with Crippen LogP contribution in [-0.2, 0) is 0 Å². The van der Waals surface area contributed by atoms with Gasteiger partial charge in [0.25, 0.3) is 0 Å². The summed E-state index contributed by atoms with van der Waals surface area (Å²) in [6.45, 7) is 1.78. The van der Waals surface area contributed by atoms with Gasteiger partial charge in [-0.1, -0.05) is 17.7 Å². The Morgan fingerprint density at radius 3 is 2.93 bits per heavy atom. The standard InChI is InChI=1S/C10H12ClN3O/c1-6-3-2-4-8-13-9(7(12)5-15)10(11)14(6)8/h2-4,7,15H,5,12H2,1H3. The minimum absolute atomic E-state index is 0.164. The van der Waals surface area contributed by atoms with Gasteiger partial charge in [0.15, 0.2) is 0 Å². The van der Waals surface area contributed by atoms with E-state index >= 15 is 0 Å². The summed E-state index contributed by atoms with van der Waals surface area (Å²) < 4.78 is 1.81. The van der Waals surface area contributed by atoms with Crippen LogP contribution < -0.4 is 5.73 Å². The van der Waals surface area contributed by atoms with Gasteiger partial charge < -0.3 is 10.8 Å². The third kappa shape index (κ3) is 1.61. The van der Waals surface area contributed by atoms with Crippen molar-refractivity contribution in [2.75, 3.05) is 6.61 Å². The number of hydrogen-bond donors (Lipinski definition) is 2. The molecule has 0 amide bonds. The van der Waals surface area contributed by atoms with Gasteiger partial charge in [0.05, 0.1) is 18.3 Å². The predicted molar refractivity (Wildman–Crippen MR) is 59.0 cm³/mol. The largest absolute Gasteiger partial charge is 0.394 e. The third-order valence-electron chi connectivity index (χ3n) is 2.36. The van der Waals surface area contributed by atoms with Crippen LogP contribution in [0.5, 0.6) is 0 Å². The summed E-state index contributed by atoms with van der Waals surface area (Å²) in [5, 5.41) is 9.45. The number of halogens is 1. The van der Waals surface area contributed by atoms with E-state index in [9.17, 15) is 0 Å². The summed E-state index contributed by atoms with van der Waals surface area (Å²) in [7, 11) is 0. The maximum atomic E-state index is 8.97. The summed E-state index contributed by atoms with van der Waals surface area (Å²) in [6.07, 6.45) is 0. The smallest absolute Gasteiger partial charge is 0.138 e. The molecule has 80 valence electrons. The lowest BCUT2D eigenvalue weighted by atomic mass is 10.2. The number of aliphatic hydroxyl groups is 1. The van der Waals surface area contributed by atoms with Crippen molar-refractivity contribution in [2.24, 2.45) is 5.73 Å². The molecule has 1 atom stereocenters. The number of rotatable bonds is 2. The second-order valence-electron chi connectivity index (χ2n) is 3.44. The van der Waals surface area contributed by atoms with E-state index in [2.05, 4.69) is 4.98 Å². The first-order chi connectivity index (χ1) is 7.15. The van der Waals surface area contributed by atoms with Crippen molar-refractivity contribution in [2.45, 2.75) is 13.0 Å². The van der Waals surface area contributed by atoms with Gasteiger partial charge in [0.1, 0.15) is 10.8 Å². The van der Waals surface area contributed by atoms with Crippen molar-refractivity contribution in [1.29, 1.82) is 0 Å². The molecule has 0 bridgehead atoms. The number of nitrogens with two attached hydrogens (primary N) is 1. The van der Waals surface area contributed by atoms with E-state index in [-0.39, 0.29) is 6.61 Å². The van der Waals surface area contributed by atoms with Crippen molar-refractivity contribution in [3.8, 4) is 0 Å². The molecule has 2 heterocycles. The Morgan fingerprint density at radius 2 is 2.33 bits per heavy atom. The second-order valence-corrected chi connectivity index (χ2v) is 3.80. The van der Waals surface area contributed by atoms with E-state index < -0.39 is 6.04 Å². The van der Waals surface area contributed by atoms with Crippen LogP contribution >= 0.6 is 11.6 Å². The van der Waals surface area contributed by atoms with Gasteiger partial charge in [-0.15, -0.1) is 0 Å². The fourth-order valence-electron chi connectivity index (χ4n) is 1.55. The summed E-state index contributed by atoms with van der Waals surface area (Å²) in [4.78, 5) is 4.29. The quantitative estimate of drug-likeness (QED) is 0.810. The Bertz CT molecular complexity index is 495. The zero-order valence-electron chi connectivity index (χ0n) is 8.31. The highest BCUT2D eigenvalue weighted by Crippen LogP contribution is 2.23. The molecule has 0 spiro atoms. The third-order valence-corrected chi connectivity index (χ3v) is 2.72. The minimum Gasteiger partial charge on any atom is -0.394 e. The van der Waals surface area contributed by atoms with E-state index in [4.69, 9.17) is 22.4 Å². The molecule has 1 unspecified atom stereocenters. The first kappa shape index (κ1) is 10.4. The van der Waals surface area contributed by atoms with Crippen molar-refractivity contribution in [3.05, 3.63) is 34.7 Å². The number of aryl methyl sites for hydroxylation is 1. The van der Waals surface area contributed by atoms with Gasteiger partial charge in [-0.3, -0.25) is 4.40 Å². The number of imidazole rings is 1.